The third-order valence-electron chi connectivity index (χ3n) is 2.09. The largest absolute Gasteiger partial charge is 0.497 e. The van der Waals surface area contributed by atoms with Crippen molar-refractivity contribution in [3.05, 3.63) is 36.2 Å². The molecule has 1 aromatic carbocycles. The fraction of sp³-hybridized carbons (Fsp3) is 0.200. The molecular formula is C10H12N4O2. The Morgan fingerprint density at radius 3 is 3.06 bits per heavy atom. The molecule has 0 bridgehead atoms. The minimum atomic E-state index is 0.240. The molecule has 0 aliphatic rings. The van der Waals surface area contributed by atoms with Crippen LogP contribution in [0.3, 0.4) is 0 Å². The third kappa shape index (κ3) is 2.18. The van der Waals surface area contributed by atoms with Crippen LogP contribution in [0.25, 0.3) is 5.69 Å². The Kier molecular flexibility index (Phi) is 3.13. The lowest BCUT2D eigenvalue weighted by atomic mass is 10.3. The molecule has 6 nitrogen and oxygen atoms in total. The normalized spacial score (nSPS) is 10.4. The highest BCUT2D eigenvalue weighted by Gasteiger charge is 2.03. The van der Waals surface area contributed by atoms with Gasteiger partial charge in [-0.3, -0.25) is 4.84 Å². The molecule has 0 aliphatic heterocycles. The molecule has 0 amide bonds. The number of methoxy groups -OCH3 is 1. The van der Waals surface area contributed by atoms with E-state index in [9.17, 15) is 0 Å². The van der Waals surface area contributed by atoms with Gasteiger partial charge in [0, 0.05) is 6.07 Å². The molecule has 1 heterocycles. The Labute approximate surface area is 92.5 Å². The second-order valence-corrected chi connectivity index (χ2v) is 3.17. The Morgan fingerprint density at radius 1 is 1.44 bits per heavy atom. The van der Waals surface area contributed by atoms with Crippen LogP contribution in [0.1, 0.15) is 5.69 Å². The molecule has 2 N–H and O–H groups in total. The number of hydrogen-bond acceptors (Lipinski definition) is 5. The Bertz CT molecular complexity index is 469. The minimum Gasteiger partial charge on any atom is -0.497 e. The van der Waals surface area contributed by atoms with Crippen molar-refractivity contribution in [2.75, 3.05) is 7.11 Å². The van der Waals surface area contributed by atoms with E-state index in [0.717, 1.165) is 11.4 Å². The molecule has 16 heavy (non-hydrogen) atoms. The number of ether oxygens (including phenoxy) is 1. The van der Waals surface area contributed by atoms with E-state index in [-0.39, 0.29) is 6.61 Å². The van der Waals surface area contributed by atoms with Crippen LogP contribution in [0, 0.1) is 0 Å². The van der Waals surface area contributed by atoms with Crippen molar-refractivity contribution < 1.29 is 9.57 Å². The smallest absolute Gasteiger partial charge is 0.121 e. The molecular weight excluding hydrogens is 208 g/mol. The van der Waals surface area contributed by atoms with Crippen LogP contribution in [0.5, 0.6) is 5.75 Å². The predicted octanol–water partition coefficient (Wildman–Crippen LogP) is 0.666. The lowest BCUT2D eigenvalue weighted by Gasteiger charge is -2.02. The minimum absolute atomic E-state index is 0.240. The van der Waals surface area contributed by atoms with Gasteiger partial charge in [0.25, 0.3) is 0 Å². The summed E-state index contributed by atoms with van der Waals surface area (Å²) in [6.07, 6.45) is 1.75. The Hall–Kier alpha value is -1.92. The highest BCUT2D eigenvalue weighted by molar-refractivity contribution is 5.38. The summed E-state index contributed by atoms with van der Waals surface area (Å²) in [6, 6.07) is 7.52. The second-order valence-electron chi connectivity index (χ2n) is 3.17. The highest BCUT2D eigenvalue weighted by Crippen LogP contribution is 2.15. The number of aromatic nitrogens is 3. The average Bonchev–Trinajstić information content (AvgIpc) is 2.78. The molecule has 0 saturated heterocycles. The first-order valence-electron chi connectivity index (χ1n) is 4.71. The molecule has 0 aliphatic carbocycles. The van der Waals surface area contributed by atoms with Crippen molar-refractivity contribution in [3.63, 3.8) is 0 Å². The Morgan fingerprint density at radius 2 is 2.31 bits per heavy atom. The zero-order valence-corrected chi connectivity index (χ0v) is 8.83. The summed E-state index contributed by atoms with van der Waals surface area (Å²) in [7, 11) is 1.62. The van der Waals surface area contributed by atoms with Crippen molar-refractivity contribution in [1.29, 1.82) is 0 Å². The summed E-state index contributed by atoms with van der Waals surface area (Å²) in [5.41, 5.74) is 1.54. The number of nitrogens with zero attached hydrogens (tertiary/aromatic N) is 3. The maximum atomic E-state index is 5.12. The van der Waals surface area contributed by atoms with Gasteiger partial charge in [-0.1, -0.05) is 11.3 Å². The van der Waals surface area contributed by atoms with Crippen molar-refractivity contribution in [3.8, 4) is 11.4 Å². The lowest BCUT2D eigenvalue weighted by Crippen LogP contribution is -1.98. The molecule has 0 unspecified atom stereocenters. The van der Waals surface area contributed by atoms with Crippen LogP contribution >= 0.6 is 0 Å². The van der Waals surface area contributed by atoms with E-state index in [1.807, 2.05) is 24.3 Å². The van der Waals surface area contributed by atoms with Gasteiger partial charge < -0.3 is 4.74 Å². The van der Waals surface area contributed by atoms with Gasteiger partial charge in [-0.2, -0.15) is 0 Å². The van der Waals surface area contributed by atoms with Gasteiger partial charge in [0.05, 0.1) is 19.0 Å². The summed E-state index contributed by atoms with van der Waals surface area (Å²) in [6.45, 7) is 0.240. The van der Waals surface area contributed by atoms with E-state index in [4.69, 9.17) is 10.6 Å². The van der Waals surface area contributed by atoms with E-state index in [2.05, 4.69) is 15.1 Å². The number of rotatable bonds is 4. The fourth-order valence-corrected chi connectivity index (χ4v) is 1.33. The third-order valence-corrected chi connectivity index (χ3v) is 2.09. The second kappa shape index (κ2) is 4.73. The quantitative estimate of drug-likeness (QED) is 0.766. The van der Waals surface area contributed by atoms with E-state index in [1.54, 1.807) is 18.0 Å². The molecule has 6 heteroatoms. The van der Waals surface area contributed by atoms with Gasteiger partial charge in [-0.15, -0.1) is 5.10 Å². The fourth-order valence-electron chi connectivity index (χ4n) is 1.33. The maximum absolute atomic E-state index is 5.12. The van der Waals surface area contributed by atoms with Crippen LogP contribution in [0.15, 0.2) is 30.5 Å². The van der Waals surface area contributed by atoms with Crippen molar-refractivity contribution in [2.45, 2.75) is 6.61 Å². The van der Waals surface area contributed by atoms with Crippen molar-refractivity contribution >= 4 is 0 Å². The van der Waals surface area contributed by atoms with Gasteiger partial charge in [0.2, 0.25) is 0 Å². The first-order chi connectivity index (χ1) is 7.83. The van der Waals surface area contributed by atoms with Crippen molar-refractivity contribution in [2.24, 2.45) is 5.90 Å². The van der Waals surface area contributed by atoms with Crippen LogP contribution in [-0.4, -0.2) is 22.1 Å². The molecule has 1 aromatic heterocycles. The zero-order chi connectivity index (χ0) is 11.4. The van der Waals surface area contributed by atoms with Crippen LogP contribution in [-0.2, 0) is 11.4 Å². The van der Waals surface area contributed by atoms with E-state index in [1.165, 1.54) is 0 Å². The summed E-state index contributed by atoms with van der Waals surface area (Å²) >= 11 is 0. The molecule has 0 spiro atoms. The van der Waals surface area contributed by atoms with Gasteiger partial charge in [-0.05, 0) is 12.1 Å². The number of nitrogens with two attached hydrogens (primary N) is 1. The topological polar surface area (TPSA) is 75.2 Å². The van der Waals surface area contributed by atoms with Gasteiger partial charge >= 0.3 is 0 Å². The molecule has 2 aromatic rings. The van der Waals surface area contributed by atoms with Crippen LogP contribution in [0.2, 0.25) is 0 Å². The first kappa shape index (κ1) is 10.6. The van der Waals surface area contributed by atoms with E-state index in [0.29, 0.717) is 5.69 Å². The summed E-state index contributed by atoms with van der Waals surface area (Å²) in [4.78, 5) is 4.48. The first-order valence-corrected chi connectivity index (χ1v) is 4.71. The molecule has 0 saturated carbocycles. The maximum Gasteiger partial charge on any atom is 0.121 e. The number of benzene rings is 1. The van der Waals surface area contributed by atoms with Gasteiger partial charge in [-0.25, -0.2) is 10.6 Å². The summed E-state index contributed by atoms with van der Waals surface area (Å²) in [5, 5.41) is 7.86. The summed E-state index contributed by atoms with van der Waals surface area (Å²) < 4.78 is 6.76. The molecule has 0 fully saturated rings. The molecule has 2 rings (SSSR count). The standard InChI is InChI=1S/C10H12N4O2/c1-15-10-4-2-3-9(5-10)14-6-8(7-16-11)12-13-14/h2-6H,7,11H2,1H3. The predicted molar refractivity (Wildman–Crippen MR) is 56.9 cm³/mol. The number of hydrogen-bond donors (Lipinski definition) is 1. The van der Waals surface area contributed by atoms with Crippen molar-refractivity contribution in [1.82, 2.24) is 15.0 Å². The Balaban J connectivity index is 2.27. The monoisotopic (exact) mass is 220 g/mol. The SMILES string of the molecule is COc1cccc(-n2cc(CON)nn2)c1. The van der Waals surface area contributed by atoms with Gasteiger partial charge in [0.15, 0.2) is 0 Å². The molecule has 0 radical (unpaired) electrons. The molecule has 84 valence electrons. The average molecular weight is 220 g/mol. The van der Waals surface area contributed by atoms with Crippen LogP contribution < -0.4 is 10.6 Å². The van der Waals surface area contributed by atoms with E-state index >= 15 is 0 Å². The summed E-state index contributed by atoms with van der Waals surface area (Å²) in [5.74, 6) is 5.73. The lowest BCUT2D eigenvalue weighted by molar-refractivity contribution is 0.121. The highest BCUT2D eigenvalue weighted by atomic mass is 16.6. The van der Waals surface area contributed by atoms with E-state index < -0.39 is 0 Å². The molecule has 0 atom stereocenters. The van der Waals surface area contributed by atoms with Gasteiger partial charge in [0.1, 0.15) is 18.1 Å². The van der Waals surface area contributed by atoms with Crippen LogP contribution in [0.4, 0.5) is 0 Å². The zero-order valence-electron chi connectivity index (χ0n) is 8.83.